The predicted molar refractivity (Wildman–Crippen MR) is 161 cm³/mol. The second-order valence-corrected chi connectivity index (χ2v) is 10.1. The zero-order valence-electron chi connectivity index (χ0n) is 24.2. The summed E-state index contributed by atoms with van der Waals surface area (Å²) in [5.41, 5.74) is 9.69. The molecule has 3 rings (SSSR count). The van der Waals surface area contributed by atoms with Gasteiger partial charge in [0.2, 0.25) is 5.91 Å². The van der Waals surface area contributed by atoms with E-state index in [0.717, 1.165) is 55.2 Å². The van der Waals surface area contributed by atoms with Crippen molar-refractivity contribution >= 4 is 35.4 Å². The maximum atomic E-state index is 12.1. The number of likely N-dealkylation sites (N-methyl/N-ethyl adjacent to an activating group) is 1. The molecule has 0 spiro atoms. The molecule has 1 fully saturated rings. The number of aryl methyl sites for hydroxylation is 1. The number of hydrogen-bond donors (Lipinski definition) is 2. The average molecular weight is 539 g/mol. The number of aliphatic imine (C=N–C) groups is 2. The quantitative estimate of drug-likeness (QED) is 0.299. The van der Waals surface area contributed by atoms with Crippen LogP contribution >= 0.6 is 0 Å². The third-order valence-corrected chi connectivity index (χ3v) is 7.64. The van der Waals surface area contributed by atoms with E-state index in [1.807, 2.05) is 17.0 Å². The minimum atomic E-state index is -0.0345. The molecule has 0 saturated carbocycles. The molecule has 0 bridgehead atoms. The van der Waals surface area contributed by atoms with E-state index < -0.39 is 0 Å². The van der Waals surface area contributed by atoms with Gasteiger partial charge in [-0.15, -0.1) is 0 Å². The number of ether oxygens (including phenoxy) is 1. The number of nitrogens with two attached hydrogens (primary N) is 1. The number of amidine groups is 2. The summed E-state index contributed by atoms with van der Waals surface area (Å²) in [6.45, 7) is 20.1. The second-order valence-electron chi connectivity index (χ2n) is 10.1. The summed E-state index contributed by atoms with van der Waals surface area (Å²) in [7, 11) is 0. The van der Waals surface area contributed by atoms with Crippen molar-refractivity contribution in [2.45, 2.75) is 34.1 Å². The highest BCUT2D eigenvalue weighted by Gasteiger charge is 2.27. The van der Waals surface area contributed by atoms with Gasteiger partial charge >= 0.3 is 6.02 Å². The molecule has 1 saturated heterocycles. The van der Waals surface area contributed by atoms with Crippen molar-refractivity contribution in [2.24, 2.45) is 15.9 Å². The zero-order valence-corrected chi connectivity index (χ0v) is 24.2. The van der Waals surface area contributed by atoms with Crippen LogP contribution in [0.4, 0.5) is 11.4 Å². The third-order valence-electron chi connectivity index (χ3n) is 7.64. The number of carbonyl (C=O) groups excluding carboxylic acids is 1. The Bertz CT molecular complexity index is 1060. The third kappa shape index (κ3) is 7.81. The highest BCUT2D eigenvalue weighted by atomic mass is 16.5. The van der Waals surface area contributed by atoms with Crippen molar-refractivity contribution in [1.82, 2.24) is 14.7 Å². The molecule has 2 aliphatic rings. The normalized spacial score (nSPS) is 21.6. The highest BCUT2D eigenvalue weighted by Crippen LogP contribution is 2.29. The summed E-state index contributed by atoms with van der Waals surface area (Å²) in [5, 5.41) is 8.01. The molecule has 214 valence electrons. The van der Waals surface area contributed by atoms with Crippen LogP contribution in [-0.4, -0.2) is 111 Å². The number of piperazine rings is 1. The lowest BCUT2D eigenvalue weighted by Gasteiger charge is -2.38. The van der Waals surface area contributed by atoms with Gasteiger partial charge in [-0.05, 0) is 44.1 Å². The average Bonchev–Trinajstić information content (AvgIpc) is 2.95. The molecular weight excluding hydrogens is 492 g/mol. The Morgan fingerprint density at radius 2 is 1.90 bits per heavy atom. The minimum Gasteiger partial charge on any atom is -0.462 e. The Hall–Kier alpha value is -3.40. The van der Waals surface area contributed by atoms with Crippen LogP contribution in [-0.2, 0) is 9.53 Å². The number of hydrogen-bond acceptors (Lipinski definition) is 9. The number of nitrogen functional groups attached to an aromatic ring is 1. The molecule has 1 aromatic carbocycles. The van der Waals surface area contributed by atoms with Crippen molar-refractivity contribution in [3.05, 3.63) is 35.9 Å². The molecule has 1 amide bonds. The van der Waals surface area contributed by atoms with Crippen LogP contribution in [0, 0.1) is 18.3 Å². The van der Waals surface area contributed by atoms with Gasteiger partial charge in [0.05, 0.1) is 12.2 Å². The first-order chi connectivity index (χ1) is 18.8. The SMILES string of the molecule is C=CC(=O)N1CCN(/C2=N/C(OCCN(CC)CC)=N\CCN(c3c(C)ccc(N)c3C=N)CCC2C)CC1. The van der Waals surface area contributed by atoms with Gasteiger partial charge in [-0.1, -0.05) is 33.4 Å². The molecule has 3 N–H and O–H groups in total. The molecule has 1 atom stereocenters. The van der Waals surface area contributed by atoms with E-state index in [9.17, 15) is 4.79 Å². The van der Waals surface area contributed by atoms with E-state index in [2.05, 4.69) is 49.0 Å². The largest absolute Gasteiger partial charge is 0.462 e. The van der Waals surface area contributed by atoms with Crippen LogP contribution in [0.25, 0.3) is 0 Å². The lowest BCUT2D eigenvalue weighted by atomic mass is 10.0. The molecule has 1 aromatic rings. The molecule has 10 nitrogen and oxygen atoms in total. The van der Waals surface area contributed by atoms with Gasteiger partial charge in [0, 0.05) is 69.2 Å². The molecule has 2 aliphatic heterocycles. The van der Waals surface area contributed by atoms with Gasteiger partial charge in [0.25, 0.3) is 0 Å². The van der Waals surface area contributed by atoms with E-state index in [4.69, 9.17) is 25.9 Å². The Labute approximate surface area is 233 Å². The van der Waals surface area contributed by atoms with Crippen molar-refractivity contribution < 1.29 is 9.53 Å². The van der Waals surface area contributed by atoms with Gasteiger partial charge in [-0.25, -0.2) is 4.99 Å². The molecule has 39 heavy (non-hydrogen) atoms. The Kier molecular flexibility index (Phi) is 11.3. The molecule has 0 radical (unpaired) electrons. The number of nitrogens with one attached hydrogen (secondary N) is 1. The highest BCUT2D eigenvalue weighted by molar-refractivity contribution is 5.96. The van der Waals surface area contributed by atoms with Gasteiger partial charge < -0.3 is 35.5 Å². The van der Waals surface area contributed by atoms with Gasteiger partial charge in [0.15, 0.2) is 0 Å². The lowest BCUT2D eigenvalue weighted by Crippen LogP contribution is -2.52. The van der Waals surface area contributed by atoms with E-state index in [1.165, 1.54) is 12.3 Å². The smallest absolute Gasteiger partial charge is 0.313 e. The van der Waals surface area contributed by atoms with Crippen LogP contribution in [0.3, 0.4) is 0 Å². The molecule has 0 aromatic heterocycles. The van der Waals surface area contributed by atoms with Crippen molar-refractivity contribution in [2.75, 3.05) is 82.7 Å². The summed E-state index contributed by atoms with van der Waals surface area (Å²) in [5.74, 6) is 1.04. The van der Waals surface area contributed by atoms with Crippen molar-refractivity contribution in [3.8, 4) is 0 Å². The number of amides is 1. The number of rotatable bonds is 8. The van der Waals surface area contributed by atoms with E-state index >= 15 is 0 Å². The van der Waals surface area contributed by atoms with Crippen LogP contribution in [0.5, 0.6) is 0 Å². The topological polar surface area (TPSA) is 114 Å². The second kappa shape index (κ2) is 14.7. The van der Waals surface area contributed by atoms with Crippen LogP contribution in [0.1, 0.15) is 38.3 Å². The first-order valence-electron chi connectivity index (χ1n) is 14.1. The standard InChI is InChI=1S/C29H46N8O2/c1-6-26(38)35-15-17-37(18-16-35)28-23(5)11-13-36(27-22(4)9-10-25(31)24(27)21-30)14-12-32-29(33-28)39-20-19-34(7-2)8-3/h6,9-10,21,23,30H,1,7-8,11-20,31H2,2-5H3/b30-21?,32-29+,33-28+. The summed E-state index contributed by atoms with van der Waals surface area (Å²) >= 11 is 0. The lowest BCUT2D eigenvalue weighted by molar-refractivity contribution is -0.127. The summed E-state index contributed by atoms with van der Waals surface area (Å²) in [6.07, 6.45) is 3.59. The van der Waals surface area contributed by atoms with Crippen molar-refractivity contribution in [3.63, 3.8) is 0 Å². The van der Waals surface area contributed by atoms with E-state index in [0.29, 0.717) is 57.6 Å². The fraction of sp³-hybridized carbons (Fsp3) is 0.586. The van der Waals surface area contributed by atoms with Crippen LogP contribution < -0.4 is 10.6 Å². The maximum absolute atomic E-state index is 12.1. The first-order valence-corrected chi connectivity index (χ1v) is 14.1. The van der Waals surface area contributed by atoms with E-state index in [1.54, 1.807) is 0 Å². The molecule has 10 heteroatoms. The zero-order chi connectivity index (χ0) is 28.4. The number of anilines is 2. The fourth-order valence-corrected chi connectivity index (χ4v) is 5.18. The monoisotopic (exact) mass is 538 g/mol. The first kappa shape index (κ1) is 30.1. The predicted octanol–water partition coefficient (Wildman–Crippen LogP) is 2.86. The summed E-state index contributed by atoms with van der Waals surface area (Å²) in [4.78, 5) is 30.6. The Morgan fingerprint density at radius 1 is 1.18 bits per heavy atom. The van der Waals surface area contributed by atoms with Gasteiger partial charge in [0.1, 0.15) is 12.4 Å². The number of benzene rings is 1. The fourth-order valence-electron chi connectivity index (χ4n) is 5.18. The van der Waals surface area contributed by atoms with Crippen molar-refractivity contribution in [1.29, 1.82) is 5.41 Å². The van der Waals surface area contributed by atoms with Crippen LogP contribution in [0.2, 0.25) is 0 Å². The Morgan fingerprint density at radius 3 is 2.54 bits per heavy atom. The molecule has 2 heterocycles. The number of carbonyl (C=O) groups is 1. The van der Waals surface area contributed by atoms with Crippen LogP contribution in [0.15, 0.2) is 34.8 Å². The molecule has 0 aliphatic carbocycles. The Balaban J connectivity index is 1.88. The van der Waals surface area contributed by atoms with Gasteiger partial charge in [-0.3, -0.25) is 4.79 Å². The maximum Gasteiger partial charge on any atom is 0.313 e. The minimum absolute atomic E-state index is 0.0345. The molecule has 1 unspecified atom stereocenters. The summed E-state index contributed by atoms with van der Waals surface area (Å²) < 4.78 is 6.17. The summed E-state index contributed by atoms with van der Waals surface area (Å²) in [6, 6.07) is 4.29. The van der Waals surface area contributed by atoms with E-state index in [-0.39, 0.29) is 11.8 Å². The van der Waals surface area contributed by atoms with Gasteiger partial charge in [-0.2, -0.15) is 4.99 Å². The molecular formula is C29H46N8O2. The number of nitrogens with zero attached hydrogens (tertiary/aromatic N) is 6.